The lowest BCUT2D eigenvalue weighted by atomic mass is 10.0. The Morgan fingerprint density at radius 1 is 1.45 bits per heavy atom. The molecule has 0 radical (unpaired) electrons. The van der Waals surface area contributed by atoms with Crippen molar-refractivity contribution in [3.05, 3.63) is 28.3 Å². The van der Waals surface area contributed by atoms with Crippen LogP contribution in [0.3, 0.4) is 0 Å². The first-order chi connectivity index (χ1) is 9.72. The molecule has 1 aromatic carbocycles. The smallest absolute Gasteiger partial charge is 0.295 e. The Bertz CT molecular complexity index is 622. The van der Waals surface area contributed by atoms with Gasteiger partial charge in [0.2, 0.25) is 0 Å². The molecule has 0 aliphatic carbocycles. The maximum absolute atomic E-state index is 10.7. The summed E-state index contributed by atoms with van der Waals surface area (Å²) >= 11 is 2.00. The predicted molar refractivity (Wildman–Crippen MR) is 79.2 cm³/mol. The van der Waals surface area contributed by atoms with Crippen molar-refractivity contribution in [2.24, 2.45) is 5.92 Å². The summed E-state index contributed by atoms with van der Waals surface area (Å²) in [5, 5.41) is 13.9. The van der Waals surface area contributed by atoms with Crippen molar-refractivity contribution in [3.8, 4) is 0 Å². The molecular weight excluding hydrogens is 278 g/mol. The summed E-state index contributed by atoms with van der Waals surface area (Å²) in [6.45, 7) is 0.843. The first-order valence-electron chi connectivity index (χ1n) is 6.59. The Balaban J connectivity index is 1.70. The molecule has 0 spiro atoms. The number of benzene rings is 1. The highest BCUT2D eigenvalue weighted by molar-refractivity contribution is 7.99. The van der Waals surface area contributed by atoms with E-state index in [1.165, 1.54) is 36.5 Å². The average Bonchev–Trinajstić information content (AvgIpc) is 2.88. The van der Waals surface area contributed by atoms with Gasteiger partial charge in [-0.05, 0) is 36.3 Å². The first-order valence-corrected chi connectivity index (χ1v) is 7.74. The van der Waals surface area contributed by atoms with Gasteiger partial charge in [-0.3, -0.25) is 10.1 Å². The minimum Gasteiger partial charge on any atom is -0.423 e. The molecule has 1 aromatic heterocycles. The molecule has 0 atom stereocenters. The van der Waals surface area contributed by atoms with Crippen LogP contribution in [0.25, 0.3) is 11.1 Å². The molecule has 1 aliphatic heterocycles. The largest absolute Gasteiger partial charge is 0.423 e. The molecule has 2 aromatic rings. The van der Waals surface area contributed by atoms with Gasteiger partial charge in [0.25, 0.3) is 11.7 Å². The third-order valence-corrected chi connectivity index (χ3v) is 4.51. The summed E-state index contributed by atoms with van der Waals surface area (Å²) in [5.74, 6) is 3.08. The fourth-order valence-electron chi connectivity index (χ4n) is 2.28. The monoisotopic (exact) mass is 293 g/mol. The Morgan fingerprint density at radius 3 is 3.00 bits per heavy atom. The quantitative estimate of drug-likeness (QED) is 0.688. The number of fused-ring (bicyclic) bond motifs is 1. The fraction of sp³-hybridized carbons (Fsp3) is 0.462. The number of oxazole rings is 1. The Labute approximate surface area is 120 Å². The minimum atomic E-state index is -0.436. The molecule has 1 N–H and O–H groups in total. The van der Waals surface area contributed by atoms with E-state index in [0.717, 1.165) is 6.54 Å². The normalized spacial score (nSPS) is 16.4. The zero-order chi connectivity index (χ0) is 13.9. The van der Waals surface area contributed by atoms with Crippen molar-refractivity contribution in [2.75, 3.05) is 23.4 Å². The summed E-state index contributed by atoms with van der Waals surface area (Å²) < 4.78 is 5.52. The molecule has 3 rings (SSSR count). The summed E-state index contributed by atoms with van der Waals surface area (Å²) in [5.41, 5.74) is 1.10. The van der Waals surface area contributed by atoms with E-state index in [1.807, 2.05) is 11.8 Å². The van der Waals surface area contributed by atoms with Crippen molar-refractivity contribution in [2.45, 2.75) is 12.8 Å². The fourth-order valence-corrected chi connectivity index (χ4v) is 3.49. The van der Waals surface area contributed by atoms with Crippen LogP contribution < -0.4 is 5.32 Å². The van der Waals surface area contributed by atoms with E-state index in [2.05, 4.69) is 10.3 Å². The second-order valence-electron chi connectivity index (χ2n) is 4.86. The van der Waals surface area contributed by atoms with E-state index in [1.54, 1.807) is 6.07 Å². The minimum absolute atomic E-state index is 0.0181. The molecule has 1 saturated heterocycles. The van der Waals surface area contributed by atoms with Gasteiger partial charge in [0.1, 0.15) is 5.52 Å². The lowest BCUT2D eigenvalue weighted by Crippen LogP contribution is -2.19. The average molecular weight is 293 g/mol. The maximum Gasteiger partial charge on any atom is 0.295 e. The van der Waals surface area contributed by atoms with E-state index in [0.29, 0.717) is 23.0 Å². The van der Waals surface area contributed by atoms with Gasteiger partial charge in [-0.1, -0.05) is 0 Å². The number of thioether (sulfide) groups is 1. The number of non-ortho nitro benzene ring substituents is 1. The highest BCUT2D eigenvalue weighted by atomic mass is 32.2. The van der Waals surface area contributed by atoms with Gasteiger partial charge in [0.15, 0.2) is 5.58 Å². The number of nitro benzene ring substituents is 1. The Morgan fingerprint density at radius 2 is 2.25 bits per heavy atom. The first kappa shape index (κ1) is 13.2. The highest BCUT2D eigenvalue weighted by Crippen LogP contribution is 2.25. The summed E-state index contributed by atoms with van der Waals surface area (Å²) in [6.07, 6.45) is 2.42. The van der Waals surface area contributed by atoms with Gasteiger partial charge < -0.3 is 9.73 Å². The van der Waals surface area contributed by atoms with Gasteiger partial charge in [0, 0.05) is 12.6 Å². The standard InChI is InChI=1S/C13H15N3O3S/c17-16(18)10-1-2-11-12(7-10)19-13(15-11)14-8-9-3-5-20-6-4-9/h1-2,7,9H,3-6,8H2,(H,14,15). The van der Waals surface area contributed by atoms with E-state index in [-0.39, 0.29) is 5.69 Å². The lowest BCUT2D eigenvalue weighted by Gasteiger charge is -2.20. The zero-order valence-electron chi connectivity index (χ0n) is 10.9. The molecule has 6 nitrogen and oxygen atoms in total. The van der Waals surface area contributed by atoms with Crippen molar-refractivity contribution in [3.63, 3.8) is 0 Å². The summed E-state index contributed by atoms with van der Waals surface area (Å²) in [7, 11) is 0. The molecule has 1 fully saturated rings. The molecule has 20 heavy (non-hydrogen) atoms. The van der Waals surface area contributed by atoms with Crippen LogP contribution in [0.15, 0.2) is 22.6 Å². The number of rotatable bonds is 4. The SMILES string of the molecule is O=[N+]([O-])c1ccc2nc(NCC3CCSCC3)oc2c1. The molecule has 7 heteroatoms. The molecule has 0 unspecified atom stereocenters. The van der Waals surface area contributed by atoms with Crippen LogP contribution in [0.4, 0.5) is 11.7 Å². The van der Waals surface area contributed by atoms with Crippen LogP contribution in [0.5, 0.6) is 0 Å². The van der Waals surface area contributed by atoms with Crippen LogP contribution in [0.2, 0.25) is 0 Å². The van der Waals surface area contributed by atoms with Crippen LogP contribution in [0, 0.1) is 16.0 Å². The van der Waals surface area contributed by atoms with Crippen LogP contribution in [0.1, 0.15) is 12.8 Å². The van der Waals surface area contributed by atoms with Crippen molar-refractivity contribution in [1.29, 1.82) is 0 Å². The van der Waals surface area contributed by atoms with Gasteiger partial charge in [0.05, 0.1) is 11.0 Å². The van der Waals surface area contributed by atoms with Crippen LogP contribution in [-0.2, 0) is 0 Å². The topological polar surface area (TPSA) is 81.2 Å². The number of anilines is 1. The Kier molecular flexibility index (Phi) is 3.77. The molecule has 1 aliphatic rings. The number of nitro groups is 1. The van der Waals surface area contributed by atoms with Gasteiger partial charge in [-0.2, -0.15) is 16.7 Å². The number of nitrogens with one attached hydrogen (secondary N) is 1. The summed E-state index contributed by atoms with van der Waals surface area (Å²) in [6, 6.07) is 4.90. The zero-order valence-corrected chi connectivity index (χ0v) is 11.7. The van der Waals surface area contributed by atoms with Gasteiger partial charge >= 0.3 is 0 Å². The van der Waals surface area contributed by atoms with Gasteiger partial charge in [-0.25, -0.2) is 0 Å². The number of nitrogens with zero attached hydrogens (tertiary/aromatic N) is 2. The second kappa shape index (κ2) is 5.70. The van der Waals surface area contributed by atoms with Crippen molar-refractivity contribution < 1.29 is 9.34 Å². The number of aromatic nitrogens is 1. The van der Waals surface area contributed by atoms with E-state index in [9.17, 15) is 10.1 Å². The number of hydrogen-bond donors (Lipinski definition) is 1. The molecule has 0 amide bonds. The van der Waals surface area contributed by atoms with E-state index in [4.69, 9.17) is 4.42 Å². The van der Waals surface area contributed by atoms with Gasteiger partial charge in [-0.15, -0.1) is 0 Å². The molecular formula is C13H15N3O3S. The molecule has 0 bridgehead atoms. The van der Waals surface area contributed by atoms with Crippen molar-refractivity contribution >= 4 is 34.6 Å². The number of hydrogen-bond acceptors (Lipinski definition) is 6. The molecule has 106 valence electrons. The maximum atomic E-state index is 10.7. The van der Waals surface area contributed by atoms with Crippen LogP contribution in [-0.4, -0.2) is 28.0 Å². The van der Waals surface area contributed by atoms with E-state index >= 15 is 0 Å². The Hall–Kier alpha value is -1.76. The van der Waals surface area contributed by atoms with E-state index < -0.39 is 4.92 Å². The van der Waals surface area contributed by atoms with Crippen LogP contribution >= 0.6 is 11.8 Å². The molecule has 2 heterocycles. The predicted octanol–water partition coefficient (Wildman–Crippen LogP) is 3.29. The van der Waals surface area contributed by atoms with Crippen molar-refractivity contribution in [1.82, 2.24) is 4.98 Å². The highest BCUT2D eigenvalue weighted by Gasteiger charge is 2.15. The molecule has 0 saturated carbocycles. The summed E-state index contributed by atoms with van der Waals surface area (Å²) in [4.78, 5) is 14.6. The third kappa shape index (κ3) is 2.87. The second-order valence-corrected chi connectivity index (χ2v) is 6.09. The lowest BCUT2D eigenvalue weighted by molar-refractivity contribution is -0.384. The third-order valence-electron chi connectivity index (χ3n) is 3.47.